The lowest BCUT2D eigenvalue weighted by molar-refractivity contribution is 0.135. The summed E-state index contributed by atoms with van der Waals surface area (Å²) in [6.07, 6.45) is 0. The monoisotopic (exact) mass is 267 g/mol. The van der Waals surface area contributed by atoms with Gasteiger partial charge in [-0.25, -0.2) is 9.18 Å². The molecule has 2 amide bonds. The Hall–Kier alpha value is -1.62. The first-order valence-electron chi connectivity index (χ1n) is 6.68. The number of hydrogen-bond donors (Lipinski definition) is 1. The number of amides is 2. The molecule has 19 heavy (non-hydrogen) atoms. The minimum atomic E-state index is -0.204. The number of benzene rings is 1. The number of hydrogen-bond acceptors (Lipinski definition) is 2. The highest BCUT2D eigenvalue weighted by Crippen LogP contribution is 2.09. The highest BCUT2D eigenvalue weighted by Gasteiger charge is 2.20. The smallest absolute Gasteiger partial charge is 0.317 e. The molecule has 0 radical (unpaired) electrons. The Kier molecular flexibility index (Phi) is 4.74. The van der Waals surface area contributed by atoms with E-state index in [0.29, 0.717) is 6.54 Å². The van der Waals surface area contributed by atoms with Gasteiger partial charge in [0.25, 0.3) is 0 Å². The van der Waals surface area contributed by atoms with Crippen LogP contribution in [-0.2, 0) is 6.54 Å². The van der Waals surface area contributed by atoms with Gasteiger partial charge in [-0.05, 0) is 24.6 Å². The van der Waals surface area contributed by atoms with Crippen LogP contribution in [0.5, 0.6) is 0 Å². The number of carbonyl (C=O) groups is 1. The standard InChI is InChI=1S/C14H20FN3O.H2/c1-2-16-14(19)18-9-7-17(8-10-18)11-12-3-5-13(15)6-4-12;/h3-6H,2,7-11H2,1H3,(H,16,19);1H. The lowest BCUT2D eigenvalue weighted by Crippen LogP contribution is -2.51. The van der Waals surface area contributed by atoms with Gasteiger partial charge in [0, 0.05) is 40.7 Å². The van der Waals surface area contributed by atoms with Crippen LogP contribution in [0.15, 0.2) is 24.3 Å². The summed E-state index contributed by atoms with van der Waals surface area (Å²) >= 11 is 0. The van der Waals surface area contributed by atoms with Crippen LogP contribution in [0, 0.1) is 5.82 Å². The summed E-state index contributed by atoms with van der Waals surface area (Å²) < 4.78 is 12.8. The van der Waals surface area contributed by atoms with Gasteiger partial charge >= 0.3 is 6.03 Å². The second-order valence-corrected chi connectivity index (χ2v) is 4.73. The second-order valence-electron chi connectivity index (χ2n) is 4.73. The van der Waals surface area contributed by atoms with E-state index in [2.05, 4.69) is 10.2 Å². The molecule has 0 spiro atoms. The van der Waals surface area contributed by atoms with Crippen molar-refractivity contribution in [3.05, 3.63) is 35.6 Å². The van der Waals surface area contributed by atoms with Gasteiger partial charge in [-0.15, -0.1) is 0 Å². The van der Waals surface area contributed by atoms with Crippen LogP contribution in [0.3, 0.4) is 0 Å². The maximum Gasteiger partial charge on any atom is 0.317 e. The molecule has 0 saturated carbocycles. The third-order valence-corrected chi connectivity index (χ3v) is 3.31. The summed E-state index contributed by atoms with van der Waals surface area (Å²) in [6, 6.07) is 6.61. The predicted octanol–water partition coefficient (Wildman–Crippen LogP) is 1.92. The number of nitrogens with zero attached hydrogens (tertiary/aromatic N) is 2. The van der Waals surface area contributed by atoms with Crippen molar-refractivity contribution in [3.8, 4) is 0 Å². The SMILES string of the molecule is CCNC(=O)N1CCN(Cc2ccc(F)cc2)CC1.[HH]. The molecule has 5 heteroatoms. The van der Waals surface area contributed by atoms with Crippen molar-refractivity contribution in [2.75, 3.05) is 32.7 Å². The molecule has 1 heterocycles. The summed E-state index contributed by atoms with van der Waals surface area (Å²) in [5, 5.41) is 2.81. The zero-order chi connectivity index (χ0) is 13.7. The normalized spacial score (nSPS) is 16.4. The van der Waals surface area contributed by atoms with Crippen molar-refractivity contribution in [1.29, 1.82) is 0 Å². The van der Waals surface area contributed by atoms with Gasteiger partial charge in [0.1, 0.15) is 5.82 Å². The zero-order valence-electron chi connectivity index (χ0n) is 11.2. The molecule has 1 fully saturated rings. The number of urea groups is 1. The van der Waals surface area contributed by atoms with Crippen LogP contribution < -0.4 is 5.32 Å². The fourth-order valence-electron chi connectivity index (χ4n) is 2.22. The molecule has 4 nitrogen and oxygen atoms in total. The summed E-state index contributed by atoms with van der Waals surface area (Å²) in [5.74, 6) is -0.204. The Labute approximate surface area is 114 Å². The second kappa shape index (κ2) is 6.52. The lowest BCUT2D eigenvalue weighted by Gasteiger charge is -2.34. The first-order chi connectivity index (χ1) is 9.19. The van der Waals surface area contributed by atoms with Crippen LogP contribution >= 0.6 is 0 Å². The molecule has 1 N–H and O–H groups in total. The van der Waals surface area contributed by atoms with Gasteiger partial charge in [-0.2, -0.15) is 0 Å². The van der Waals surface area contributed by atoms with Crippen molar-refractivity contribution < 1.29 is 10.6 Å². The van der Waals surface area contributed by atoms with Gasteiger partial charge in [0.15, 0.2) is 0 Å². The van der Waals surface area contributed by atoms with E-state index in [9.17, 15) is 9.18 Å². The number of halogens is 1. The Morgan fingerprint density at radius 1 is 1.26 bits per heavy atom. The van der Waals surface area contributed by atoms with E-state index >= 15 is 0 Å². The van der Waals surface area contributed by atoms with E-state index in [4.69, 9.17) is 0 Å². The number of nitrogens with one attached hydrogen (secondary N) is 1. The zero-order valence-corrected chi connectivity index (χ0v) is 11.2. The van der Waals surface area contributed by atoms with Crippen LogP contribution in [0.2, 0.25) is 0 Å². The number of rotatable bonds is 3. The molecular formula is C14H22FN3O. The van der Waals surface area contributed by atoms with Gasteiger partial charge < -0.3 is 10.2 Å². The maximum absolute atomic E-state index is 12.8. The Morgan fingerprint density at radius 2 is 1.89 bits per heavy atom. The first kappa shape index (κ1) is 13.8. The average molecular weight is 267 g/mol. The maximum atomic E-state index is 12.8. The highest BCUT2D eigenvalue weighted by atomic mass is 19.1. The summed E-state index contributed by atoms with van der Waals surface area (Å²) in [7, 11) is 0. The molecule has 0 aliphatic carbocycles. The molecule has 1 aromatic carbocycles. The minimum Gasteiger partial charge on any atom is -0.338 e. The number of carbonyl (C=O) groups excluding carboxylic acids is 1. The van der Waals surface area contributed by atoms with Crippen LogP contribution in [0.4, 0.5) is 9.18 Å². The predicted molar refractivity (Wildman–Crippen MR) is 74.4 cm³/mol. The van der Waals surface area contributed by atoms with E-state index in [0.717, 1.165) is 38.3 Å². The molecule has 2 rings (SSSR count). The highest BCUT2D eigenvalue weighted by molar-refractivity contribution is 5.74. The molecule has 1 saturated heterocycles. The fraction of sp³-hybridized carbons (Fsp3) is 0.500. The third kappa shape index (κ3) is 3.92. The summed E-state index contributed by atoms with van der Waals surface area (Å²) in [5.41, 5.74) is 1.10. The van der Waals surface area contributed by atoms with Gasteiger partial charge in [0.2, 0.25) is 0 Å². The number of piperazine rings is 1. The van der Waals surface area contributed by atoms with Crippen LogP contribution in [-0.4, -0.2) is 48.6 Å². The van der Waals surface area contributed by atoms with E-state index in [1.807, 2.05) is 24.0 Å². The van der Waals surface area contributed by atoms with Crippen LogP contribution in [0.1, 0.15) is 13.9 Å². The lowest BCUT2D eigenvalue weighted by atomic mass is 10.2. The van der Waals surface area contributed by atoms with E-state index in [1.165, 1.54) is 12.1 Å². The van der Waals surface area contributed by atoms with Crippen molar-refractivity contribution in [1.82, 2.24) is 15.1 Å². The van der Waals surface area contributed by atoms with E-state index in [1.54, 1.807) is 0 Å². The van der Waals surface area contributed by atoms with Crippen molar-refractivity contribution >= 4 is 6.03 Å². The molecule has 0 atom stereocenters. The van der Waals surface area contributed by atoms with E-state index in [-0.39, 0.29) is 13.3 Å². The quantitative estimate of drug-likeness (QED) is 0.908. The summed E-state index contributed by atoms with van der Waals surface area (Å²) in [4.78, 5) is 15.8. The molecular weight excluding hydrogens is 245 g/mol. The third-order valence-electron chi connectivity index (χ3n) is 3.31. The van der Waals surface area contributed by atoms with Gasteiger partial charge in [0.05, 0.1) is 0 Å². The minimum absolute atomic E-state index is 0. The fourth-order valence-corrected chi connectivity index (χ4v) is 2.22. The molecule has 0 aromatic heterocycles. The summed E-state index contributed by atoms with van der Waals surface area (Å²) in [6.45, 7) is 6.59. The Bertz CT molecular complexity index is 419. The molecule has 1 aromatic rings. The topological polar surface area (TPSA) is 35.6 Å². The van der Waals surface area contributed by atoms with Crippen molar-refractivity contribution in [2.45, 2.75) is 13.5 Å². The first-order valence-corrected chi connectivity index (χ1v) is 6.68. The van der Waals surface area contributed by atoms with Crippen LogP contribution in [0.25, 0.3) is 0 Å². The Balaban J connectivity index is 0.00000200. The van der Waals surface area contributed by atoms with E-state index < -0.39 is 0 Å². The van der Waals surface area contributed by atoms with Gasteiger partial charge in [-0.3, -0.25) is 4.90 Å². The largest absolute Gasteiger partial charge is 0.338 e. The van der Waals surface area contributed by atoms with Gasteiger partial charge in [-0.1, -0.05) is 12.1 Å². The molecule has 0 unspecified atom stereocenters. The molecule has 1 aliphatic heterocycles. The molecule has 106 valence electrons. The molecule has 1 aliphatic rings. The Morgan fingerprint density at radius 3 is 2.47 bits per heavy atom. The van der Waals surface area contributed by atoms with Crippen molar-refractivity contribution in [2.24, 2.45) is 0 Å². The average Bonchev–Trinajstić information content (AvgIpc) is 2.42. The van der Waals surface area contributed by atoms with Crippen molar-refractivity contribution in [3.63, 3.8) is 0 Å². The molecule has 0 bridgehead atoms.